The number of nitroso groups, excluding NO2 is 1. The molecule has 19 heavy (non-hydrogen) atoms. The summed E-state index contributed by atoms with van der Waals surface area (Å²) in [5, 5.41) is 4.44. The van der Waals surface area contributed by atoms with Gasteiger partial charge in [-0.05, 0) is 36.4 Å². The minimum Gasteiger partial charge on any atom is -0.298 e. The summed E-state index contributed by atoms with van der Waals surface area (Å²) in [7, 11) is 0. The average Bonchev–Trinajstić information content (AvgIpc) is 2.79. The number of fused-ring (bicyclic) bond motifs is 3. The number of aldehydes is 2. The molecule has 0 aliphatic heterocycles. The van der Waals surface area contributed by atoms with Crippen LogP contribution in [0.5, 0.6) is 0 Å². The Hall–Kier alpha value is -2.82. The minimum atomic E-state index is 0.508. The molecule has 0 saturated heterocycles. The normalized spacial score (nSPS) is 10.7. The van der Waals surface area contributed by atoms with Gasteiger partial charge in [-0.2, -0.15) is 4.68 Å². The Balaban J connectivity index is 2.54. The van der Waals surface area contributed by atoms with Crippen molar-refractivity contribution in [2.75, 3.05) is 0 Å². The van der Waals surface area contributed by atoms with Gasteiger partial charge in [0.25, 0.3) is 0 Å². The van der Waals surface area contributed by atoms with Crippen LogP contribution in [0.15, 0.2) is 41.7 Å². The van der Waals surface area contributed by atoms with E-state index in [0.29, 0.717) is 22.2 Å². The number of carbonyl (C=O) groups excluding carboxylic acids is 2. The van der Waals surface area contributed by atoms with Crippen LogP contribution in [0.4, 0.5) is 0 Å². The van der Waals surface area contributed by atoms with Crippen LogP contribution in [0.3, 0.4) is 0 Å². The summed E-state index contributed by atoms with van der Waals surface area (Å²) in [6, 6.07) is 9.94. The van der Waals surface area contributed by atoms with Crippen LogP contribution in [0.25, 0.3) is 21.8 Å². The Kier molecular flexibility index (Phi) is 2.45. The molecule has 0 aliphatic carbocycles. The summed E-state index contributed by atoms with van der Waals surface area (Å²) in [5.41, 5.74) is 2.24. The standard InChI is InChI=1S/C14H8N2O3/c17-7-9-1-3-13-11(5-9)12-6-10(8-18)2-4-14(12)16(13)15-19/h1-8H. The smallest absolute Gasteiger partial charge is 0.150 e. The van der Waals surface area contributed by atoms with Crippen molar-refractivity contribution in [2.24, 2.45) is 5.29 Å². The summed E-state index contributed by atoms with van der Waals surface area (Å²) in [5.74, 6) is 0. The number of hydrogen-bond donors (Lipinski definition) is 0. The predicted molar refractivity (Wildman–Crippen MR) is 71.4 cm³/mol. The van der Waals surface area contributed by atoms with Gasteiger partial charge in [0.05, 0.1) is 16.3 Å². The first kappa shape index (κ1) is 11.3. The van der Waals surface area contributed by atoms with E-state index in [9.17, 15) is 14.5 Å². The van der Waals surface area contributed by atoms with Crippen molar-refractivity contribution in [3.8, 4) is 0 Å². The van der Waals surface area contributed by atoms with Crippen LogP contribution in [0.1, 0.15) is 20.7 Å². The highest BCUT2D eigenvalue weighted by atomic mass is 16.3. The Morgan fingerprint density at radius 2 is 1.32 bits per heavy atom. The zero-order valence-corrected chi connectivity index (χ0v) is 9.74. The van der Waals surface area contributed by atoms with E-state index in [0.717, 1.165) is 23.3 Å². The predicted octanol–water partition coefficient (Wildman–Crippen LogP) is 2.95. The van der Waals surface area contributed by atoms with Crippen LogP contribution in [0, 0.1) is 4.91 Å². The van der Waals surface area contributed by atoms with Crippen molar-refractivity contribution >= 4 is 34.4 Å². The molecule has 1 aromatic heterocycles. The molecular weight excluding hydrogens is 244 g/mol. The number of carbonyl (C=O) groups is 2. The fourth-order valence-electron chi connectivity index (χ4n) is 2.27. The molecule has 0 aliphatic rings. The van der Waals surface area contributed by atoms with Crippen molar-refractivity contribution < 1.29 is 9.59 Å². The monoisotopic (exact) mass is 252 g/mol. The molecule has 0 fully saturated rings. The zero-order valence-electron chi connectivity index (χ0n) is 9.74. The molecule has 0 atom stereocenters. The Morgan fingerprint density at radius 1 is 0.842 bits per heavy atom. The first-order valence-corrected chi connectivity index (χ1v) is 5.60. The van der Waals surface area contributed by atoms with Gasteiger partial charge in [0, 0.05) is 21.9 Å². The van der Waals surface area contributed by atoms with Gasteiger partial charge in [0.2, 0.25) is 0 Å². The number of hydrogen-bond acceptors (Lipinski definition) is 4. The molecule has 0 amide bonds. The first-order chi connectivity index (χ1) is 9.28. The van der Waals surface area contributed by atoms with E-state index in [-0.39, 0.29) is 0 Å². The van der Waals surface area contributed by atoms with E-state index in [1.54, 1.807) is 36.4 Å². The molecule has 0 bridgehead atoms. The van der Waals surface area contributed by atoms with Gasteiger partial charge < -0.3 is 0 Å². The largest absolute Gasteiger partial charge is 0.298 e. The van der Waals surface area contributed by atoms with Crippen LogP contribution in [-0.2, 0) is 0 Å². The summed E-state index contributed by atoms with van der Waals surface area (Å²) in [4.78, 5) is 32.7. The lowest BCUT2D eigenvalue weighted by Gasteiger charge is -1.94. The topological polar surface area (TPSA) is 68.5 Å². The minimum absolute atomic E-state index is 0.508. The molecule has 5 nitrogen and oxygen atoms in total. The molecule has 0 N–H and O–H groups in total. The number of aromatic nitrogens is 1. The fourth-order valence-corrected chi connectivity index (χ4v) is 2.27. The second-order valence-electron chi connectivity index (χ2n) is 4.18. The van der Waals surface area contributed by atoms with Crippen molar-refractivity contribution in [1.29, 1.82) is 0 Å². The van der Waals surface area contributed by atoms with Crippen molar-refractivity contribution in [2.45, 2.75) is 0 Å². The number of nitrogens with zero attached hydrogens (tertiary/aromatic N) is 2. The van der Waals surface area contributed by atoms with E-state index >= 15 is 0 Å². The molecule has 5 heteroatoms. The molecule has 1 heterocycles. The lowest BCUT2D eigenvalue weighted by molar-refractivity contribution is 0.111. The molecule has 3 aromatic rings. The van der Waals surface area contributed by atoms with Crippen LogP contribution in [0.2, 0.25) is 0 Å². The highest BCUT2D eigenvalue weighted by Crippen LogP contribution is 2.30. The van der Waals surface area contributed by atoms with Gasteiger partial charge in [-0.1, -0.05) is 0 Å². The van der Waals surface area contributed by atoms with Gasteiger partial charge in [-0.25, -0.2) is 0 Å². The summed E-state index contributed by atoms with van der Waals surface area (Å²) in [6.45, 7) is 0. The maximum absolute atomic E-state index is 11.0. The Labute approximate surface area is 107 Å². The van der Waals surface area contributed by atoms with Crippen LogP contribution >= 0.6 is 0 Å². The van der Waals surface area contributed by atoms with Crippen molar-refractivity contribution in [1.82, 2.24) is 4.68 Å². The number of rotatable bonds is 3. The van der Waals surface area contributed by atoms with Gasteiger partial charge in [-0.3, -0.25) is 9.59 Å². The fraction of sp³-hybridized carbons (Fsp3) is 0. The quantitative estimate of drug-likeness (QED) is 0.531. The Bertz CT molecular complexity index is 768. The molecule has 92 valence electrons. The highest BCUT2D eigenvalue weighted by Gasteiger charge is 2.12. The lowest BCUT2D eigenvalue weighted by atomic mass is 10.1. The van der Waals surface area contributed by atoms with Crippen molar-refractivity contribution in [3.63, 3.8) is 0 Å². The molecule has 3 rings (SSSR count). The molecule has 0 saturated carbocycles. The summed E-state index contributed by atoms with van der Waals surface area (Å²) >= 11 is 0. The van der Waals surface area contributed by atoms with E-state index in [4.69, 9.17) is 0 Å². The maximum atomic E-state index is 11.0. The maximum Gasteiger partial charge on any atom is 0.150 e. The Morgan fingerprint density at radius 3 is 1.68 bits per heavy atom. The van der Waals surface area contributed by atoms with Gasteiger partial charge in [0.1, 0.15) is 12.6 Å². The lowest BCUT2D eigenvalue weighted by Crippen LogP contribution is -1.86. The molecule has 0 spiro atoms. The van der Waals surface area contributed by atoms with Crippen molar-refractivity contribution in [3.05, 3.63) is 52.4 Å². The molecule has 0 radical (unpaired) electrons. The zero-order chi connectivity index (χ0) is 13.4. The van der Waals surface area contributed by atoms with Gasteiger partial charge in [0.15, 0.2) is 0 Å². The summed E-state index contributed by atoms with van der Waals surface area (Å²) < 4.78 is 1.26. The molecule has 2 aromatic carbocycles. The third-order valence-corrected chi connectivity index (χ3v) is 3.14. The SMILES string of the molecule is O=Cc1ccc2c(c1)c1cc(C=O)ccc1n2N=O. The first-order valence-electron chi connectivity index (χ1n) is 5.60. The molecular formula is C14H8N2O3. The van der Waals surface area contributed by atoms with Crippen LogP contribution in [-0.4, -0.2) is 17.2 Å². The van der Waals surface area contributed by atoms with Gasteiger partial charge >= 0.3 is 0 Å². The third-order valence-electron chi connectivity index (χ3n) is 3.14. The highest BCUT2D eigenvalue weighted by molar-refractivity contribution is 6.10. The van der Waals surface area contributed by atoms with Gasteiger partial charge in [-0.15, -0.1) is 4.91 Å². The van der Waals surface area contributed by atoms with E-state index in [2.05, 4.69) is 5.29 Å². The molecule has 0 unspecified atom stereocenters. The van der Waals surface area contributed by atoms with E-state index < -0.39 is 0 Å². The summed E-state index contributed by atoms with van der Waals surface area (Å²) in [6.07, 6.45) is 1.47. The average molecular weight is 252 g/mol. The second-order valence-corrected chi connectivity index (χ2v) is 4.18. The van der Waals surface area contributed by atoms with Crippen LogP contribution < -0.4 is 0 Å². The van der Waals surface area contributed by atoms with E-state index in [1.807, 2.05) is 0 Å². The third kappa shape index (κ3) is 1.55. The number of benzene rings is 2. The second kappa shape index (κ2) is 4.13. The van der Waals surface area contributed by atoms with E-state index in [1.165, 1.54) is 4.68 Å².